The number of hydrogen-bond acceptors (Lipinski definition) is 5. The molecule has 0 saturated carbocycles. The molecular formula is C14H14N2O4S. The van der Waals surface area contributed by atoms with Gasteiger partial charge in [0, 0.05) is 6.20 Å². The van der Waals surface area contributed by atoms with E-state index in [0.717, 1.165) is 0 Å². The molecule has 2 rings (SSSR count). The average molecular weight is 306 g/mol. The van der Waals surface area contributed by atoms with Crippen molar-refractivity contribution >= 4 is 21.8 Å². The van der Waals surface area contributed by atoms with E-state index in [1.54, 1.807) is 25.1 Å². The van der Waals surface area contributed by atoms with Gasteiger partial charge in [-0.25, -0.2) is 18.2 Å². The number of nitrogens with zero attached hydrogens (tertiary/aromatic N) is 1. The normalized spacial score (nSPS) is 11.0. The van der Waals surface area contributed by atoms with E-state index >= 15 is 0 Å². The van der Waals surface area contributed by atoms with Crippen LogP contribution in [-0.4, -0.2) is 26.5 Å². The maximum Gasteiger partial charge on any atom is 0.339 e. The van der Waals surface area contributed by atoms with Crippen molar-refractivity contribution < 1.29 is 17.9 Å². The summed E-state index contributed by atoms with van der Waals surface area (Å²) < 4.78 is 31.8. The Kier molecular flexibility index (Phi) is 4.23. The number of nitrogens with one attached hydrogen (secondary N) is 1. The SMILES string of the molecule is COC(=O)c1ccccc1S(=O)(=O)Nc1ncccc1C. The monoisotopic (exact) mass is 306 g/mol. The molecule has 1 aromatic heterocycles. The molecular weight excluding hydrogens is 292 g/mol. The van der Waals surface area contributed by atoms with E-state index in [9.17, 15) is 13.2 Å². The predicted molar refractivity (Wildman–Crippen MR) is 77.6 cm³/mol. The van der Waals surface area contributed by atoms with Crippen LogP contribution in [0.4, 0.5) is 5.82 Å². The lowest BCUT2D eigenvalue weighted by molar-refractivity contribution is 0.0596. The summed E-state index contributed by atoms with van der Waals surface area (Å²) in [5.74, 6) is -0.495. The van der Waals surface area contributed by atoms with Gasteiger partial charge in [-0.1, -0.05) is 18.2 Å². The van der Waals surface area contributed by atoms with Crippen LogP contribution in [0.15, 0.2) is 47.5 Å². The molecule has 0 unspecified atom stereocenters. The van der Waals surface area contributed by atoms with E-state index in [4.69, 9.17) is 0 Å². The first-order valence-electron chi connectivity index (χ1n) is 6.07. The Morgan fingerprint density at radius 2 is 1.90 bits per heavy atom. The van der Waals surface area contributed by atoms with Crippen molar-refractivity contribution in [2.45, 2.75) is 11.8 Å². The number of aryl methyl sites for hydroxylation is 1. The Morgan fingerprint density at radius 3 is 2.57 bits per heavy atom. The van der Waals surface area contributed by atoms with E-state index in [1.165, 1.54) is 31.5 Å². The number of benzene rings is 1. The van der Waals surface area contributed by atoms with E-state index < -0.39 is 16.0 Å². The van der Waals surface area contributed by atoms with E-state index in [-0.39, 0.29) is 16.3 Å². The van der Waals surface area contributed by atoms with Crippen LogP contribution in [0.25, 0.3) is 0 Å². The number of esters is 1. The summed E-state index contributed by atoms with van der Waals surface area (Å²) in [7, 11) is -2.74. The zero-order valence-corrected chi connectivity index (χ0v) is 12.3. The zero-order chi connectivity index (χ0) is 15.5. The number of ether oxygens (including phenoxy) is 1. The first-order valence-corrected chi connectivity index (χ1v) is 7.56. The molecule has 2 aromatic rings. The first-order chi connectivity index (χ1) is 9.95. The standard InChI is InChI=1S/C14H14N2O4S/c1-10-6-5-9-15-13(10)16-21(18,19)12-8-4-3-7-11(12)14(17)20-2/h3-9H,1-2H3,(H,15,16). The molecule has 0 saturated heterocycles. The number of pyridine rings is 1. The van der Waals surface area contributed by atoms with Gasteiger partial charge in [0.1, 0.15) is 10.7 Å². The first kappa shape index (κ1) is 15.0. The van der Waals surface area contributed by atoms with Crippen LogP contribution < -0.4 is 4.72 Å². The highest BCUT2D eigenvalue weighted by Crippen LogP contribution is 2.20. The highest BCUT2D eigenvalue weighted by atomic mass is 32.2. The predicted octanol–water partition coefficient (Wildman–Crippen LogP) is 1.98. The van der Waals surface area contributed by atoms with Gasteiger partial charge in [0.15, 0.2) is 0 Å². The number of carbonyl (C=O) groups excluding carboxylic acids is 1. The van der Waals surface area contributed by atoms with Gasteiger partial charge in [0.05, 0.1) is 12.7 Å². The fraction of sp³-hybridized carbons (Fsp3) is 0.143. The summed E-state index contributed by atoms with van der Waals surface area (Å²) in [6.45, 7) is 1.73. The van der Waals surface area contributed by atoms with Gasteiger partial charge in [-0.15, -0.1) is 0 Å². The molecule has 110 valence electrons. The van der Waals surface area contributed by atoms with Gasteiger partial charge in [-0.3, -0.25) is 4.72 Å². The molecule has 0 amide bonds. The Bertz CT molecular complexity index is 772. The summed E-state index contributed by atoms with van der Waals surface area (Å²) in [6.07, 6.45) is 1.48. The number of aromatic nitrogens is 1. The largest absolute Gasteiger partial charge is 0.465 e. The second-order valence-electron chi connectivity index (χ2n) is 4.26. The zero-order valence-electron chi connectivity index (χ0n) is 11.5. The van der Waals surface area contributed by atoms with Crippen LogP contribution in [0.2, 0.25) is 0 Å². The summed E-state index contributed by atoms with van der Waals surface area (Å²) in [6, 6.07) is 9.27. The molecule has 1 aromatic carbocycles. The second kappa shape index (κ2) is 5.92. The molecule has 1 heterocycles. The summed E-state index contributed by atoms with van der Waals surface area (Å²) >= 11 is 0. The second-order valence-corrected chi connectivity index (χ2v) is 5.91. The molecule has 1 N–H and O–H groups in total. The van der Waals surface area contributed by atoms with Gasteiger partial charge >= 0.3 is 5.97 Å². The van der Waals surface area contributed by atoms with Gasteiger partial charge in [-0.2, -0.15) is 0 Å². The lowest BCUT2D eigenvalue weighted by Crippen LogP contribution is -2.18. The smallest absolute Gasteiger partial charge is 0.339 e. The van der Waals surface area contributed by atoms with Crippen LogP contribution in [0.1, 0.15) is 15.9 Å². The quantitative estimate of drug-likeness (QED) is 0.873. The Hall–Kier alpha value is -2.41. The Balaban J connectivity index is 2.46. The number of anilines is 1. The van der Waals surface area contributed by atoms with Gasteiger partial charge in [-0.05, 0) is 30.7 Å². The molecule has 0 spiro atoms. The third-order valence-electron chi connectivity index (χ3n) is 2.82. The number of hydrogen-bond donors (Lipinski definition) is 1. The summed E-state index contributed by atoms with van der Waals surface area (Å²) in [5.41, 5.74) is 0.651. The highest BCUT2D eigenvalue weighted by Gasteiger charge is 2.23. The van der Waals surface area contributed by atoms with Gasteiger partial charge in [0.25, 0.3) is 10.0 Å². The van der Waals surface area contributed by atoms with Crippen molar-refractivity contribution in [3.8, 4) is 0 Å². The minimum Gasteiger partial charge on any atom is -0.465 e. The minimum atomic E-state index is -3.93. The molecule has 6 nitrogen and oxygen atoms in total. The number of methoxy groups -OCH3 is 1. The third kappa shape index (κ3) is 3.19. The number of sulfonamides is 1. The molecule has 0 aliphatic carbocycles. The topological polar surface area (TPSA) is 85.4 Å². The van der Waals surface area contributed by atoms with Crippen molar-refractivity contribution in [1.29, 1.82) is 0 Å². The van der Waals surface area contributed by atoms with Gasteiger partial charge < -0.3 is 4.74 Å². The minimum absolute atomic E-state index is 0.0268. The average Bonchev–Trinajstić information content (AvgIpc) is 2.48. The molecule has 0 fully saturated rings. The Morgan fingerprint density at radius 1 is 1.19 bits per heavy atom. The molecule has 0 atom stereocenters. The lowest BCUT2D eigenvalue weighted by atomic mass is 10.2. The van der Waals surface area contributed by atoms with E-state index in [0.29, 0.717) is 5.56 Å². The van der Waals surface area contributed by atoms with Crippen LogP contribution in [0.5, 0.6) is 0 Å². The van der Waals surface area contributed by atoms with Crippen molar-refractivity contribution in [2.75, 3.05) is 11.8 Å². The fourth-order valence-corrected chi connectivity index (χ4v) is 3.03. The van der Waals surface area contributed by atoms with Crippen LogP contribution in [0.3, 0.4) is 0 Å². The summed E-state index contributed by atoms with van der Waals surface area (Å²) in [4.78, 5) is 15.5. The van der Waals surface area contributed by atoms with Crippen molar-refractivity contribution in [3.63, 3.8) is 0 Å². The van der Waals surface area contributed by atoms with Crippen molar-refractivity contribution in [3.05, 3.63) is 53.7 Å². The fourth-order valence-electron chi connectivity index (χ4n) is 1.75. The van der Waals surface area contributed by atoms with Crippen molar-refractivity contribution in [2.24, 2.45) is 0 Å². The maximum absolute atomic E-state index is 12.4. The van der Waals surface area contributed by atoms with Gasteiger partial charge in [0.2, 0.25) is 0 Å². The molecule has 0 radical (unpaired) electrons. The third-order valence-corrected chi connectivity index (χ3v) is 4.22. The summed E-state index contributed by atoms with van der Waals surface area (Å²) in [5, 5.41) is 0. The van der Waals surface area contributed by atoms with E-state index in [2.05, 4.69) is 14.4 Å². The van der Waals surface area contributed by atoms with Crippen LogP contribution in [0, 0.1) is 6.92 Å². The van der Waals surface area contributed by atoms with E-state index in [1.807, 2.05) is 0 Å². The molecule has 0 bridgehead atoms. The van der Waals surface area contributed by atoms with Crippen LogP contribution >= 0.6 is 0 Å². The molecule has 7 heteroatoms. The highest BCUT2D eigenvalue weighted by molar-refractivity contribution is 7.92. The molecule has 0 aliphatic heterocycles. The molecule has 21 heavy (non-hydrogen) atoms. The maximum atomic E-state index is 12.4. The van der Waals surface area contributed by atoms with Crippen LogP contribution in [-0.2, 0) is 14.8 Å². The Labute approximate surface area is 122 Å². The number of carbonyl (C=O) groups is 1. The van der Waals surface area contributed by atoms with Crippen molar-refractivity contribution in [1.82, 2.24) is 4.98 Å². The molecule has 0 aliphatic rings. The number of rotatable bonds is 4. The lowest BCUT2D eigenvalue weighted by Gasteiger charge is -2.11.